The molecule has 166 valence electrons. The van der Waals surface area contributed by atoms with Gasteiger partial charge in [0.15, 0.2) is 0 Å². The van der Waals surface area contributed by atoms with E-state index in [1.165, 1.54) is 38.0 Å². The maximum absolute atomic E-state index is 12.7. The summed E-state index contributed by atoms with van der Waals surface area (Å²) < 4.78 is 5.95. The monoisotopic (exact) mass is 415 g/mol. The molecule has 4 rings (SSSR count). The Morgan fingerprint density at radius 2 is 1.50 bits per heavy atom. The number of anilines is 1. The molecule has 0 aromatic heterocycles. The van der Waals surface area contributed by atoms with Crippen LogP contribution in [0, 0.1) is 0 Å². The third-order valence-electron chi connectivity index (χ3n) is 6.48. The predicted molar refractivity (Wildman–Crippen MR) is 120 cm³/mol. The standard InChI is InChI=1S/C23H37N5O2/c29-23(27-14-9-24-10-15-27)28-18-16-26(17-19-28)21-5-7-22(8-6-21)30-20-4-13-25-11-2-1-3-12-25/h5-8,24H,1-4,9-20H2. The Labute approximate surface area is 180 Å². The van der Waals surface area contributed by atoms with Gasteiger partial charge in [-0.05, 0) is 56.6 Å². The van der Waals surface area contributed by atoms with E-state index >= 15 is 0 Å². The first-order valence-electron chi connectivity index (χ1n) is 11.7. The Bertz CT molecular complexity index is 648. The fraction of sp³-hybridized carbons (Fsp3) is 0.696. The van der Waals surface area contributed by atoms with Crippen LogP contribution in [0.1, 0.15) is 25.7 Å². The molecule has 3 saturated heterocycles. The number of hydrogen-bond donors (Lipinski definition) is 1. The lowest BCUT2D eigenvalue weighted by Crippen LogP contribution is -2.56. The number of amides is 2. The van der Waals surface area contributed by atoms with Crippen LogP contribution in [0.5, 0.6) is 5.75 Å². The summed E-state index contributed by atoms with van der Waals surface area (Å²) in [5.74, 6) is 0.949. The molecule has 0 aliphatic carbocycles. The molecule has 3 aliphatic rings. The molecule has 0 spiro atoms. The van der Waals surface area contributed by atoms with Crippen molar-refractivity contribution in [3.05, 3.63) is 24.3 Å². The number of piperidine rings is 1. The average Bonchev–Trinajstić information content (AvgIpc) is 2.83. The van der Waals surface area contributed by atoms with E-state index < -0.39 is 0 Å². The average molecular weight is 416 g/mol. The second-order valence-corrected chi connectivity index (χ2v) is 8.59. The lowest BCUT2D eigenvalue weighted by Gasteiger charge is -2.39. The first-order chi connectivity index (χ1) is 14.8. The number of nitrogens with one attached hydrogen (secondary N) is 1. The van der Waals surface area contributed by atoms with E-state index in [1.54, 1.807) is 0 Å². The van der Waals surface area contributed by atoms with Gasteiger partial charge in [0.05, 0.1) is 6.61 Å². The zero-order chi connectivity index (χ0) is 20.6. The van der Waals surface area contributed by atoms with Gasteiger partial charge in [0.25, 0.3) is 0 Å². The lowest BCUT2D eigenvalue weighted by molar-refractivity contribution is 0.144. The molecule has 7 nitrogen and oxygen atoms in total. The molecule has 3 aliphatic heterocycles. The minimum absolute atomic E-state index is 0.199. The highest BCUT2D eigenvalue weighted by molar-refractivity contribution is 5.75. The molecule has 0 radical (unpaired) electrons. The van der Waals surface area contributed by atoms with E-state index in [2.05, 4.69) is 39.4 Å². The number of nitrogens with zero attached hydrogens (tertiary/aromatic N) is 4. The van der Waals surface area contributed by atoms with Gasteiger partial charge in [-0.25, -0.2) is 4.79 Å². The molecule has 0 saturated carbocycles. The number of carbonyl (C=O) groups excluding carboxylic acids is 1. The molecular formula is C23H37N5O2. The highest BCUT2D eigenvalue weighted by atomic mass is 16.5. The van der Waals surface area contributed by atoms with Gasteiger partial charge in [-0.1, -0.05) is 6.42 Å². The molecular weight excluding hydrogens is 378 g/mol. The zero-order valence-corrected chi connectivity index (χ0v) is 18.2. The molecule has 1 N–H and O–H groups in total. The van der Waals surface area contributed by atoms with Crippen LogP contribution in [0.3, 0.4) is 0 Å². The van der Waals surface area contributed by atoms with Crippen LogP contribution in [0.2, 0.25) is 0 Å². The Hall–Kier alpha value is -1.99. The minimum Gasteiger partial charge on any atom is -0.494 e. The van der Waals surface area contributed by atoms with Crippen molar-refractivity contribution in [1.29, 1.82) is 0 Å². The number of carbonyl (C=O) groups is 1. The van der Waals surface area contributed by atoms with Gasteiger partial charge in [0, 0.05) is 64.6 Å². The first kappa shape index (κ1) is 21.2. The van der Waals surface area contributed by atoms with Crippen LogP contribution in [-0.4, -0.2) is 99.3 Å². The van der Waals surface area contributed by atoms with Gasteiger partial charge in [-0.3, -0.25) is 0 Å². The Balaban J connectivity index is 1.17. The maximum atomic E-state index is 12.7. The summed E-state index contributed by atoms with van der Waals surface area (Å²) in [6.45, 7) is 11.2. The molecule has 0 atom stereocenters. The van der Waals surface area contributed by atoms with Crippen molar-refractivity contribution in [2.24, 2.45) is 0 Å². The minimum atomic E-state index is 0.199. The summed E-state index contributed by atoms with van der Waals surface area (Å²) in [6, 6.07) is 8.65. The normalized spacial score (nSPS) is 21.0. The quantitative estimate of drug-likeness (QED) is 0.721. The molecule has 3 fully saturated rings. The molecule has 3 heterocycles. The summed E-state index contributed by atoms with van der Waals surface area (Å²) in [5, 5.41) is 3.30. The van der Waals surface area contributed by atoms with Crippen molar-refractivity contribution in [3.63, 3.8) is 0 Å². The number of piperazine rings is 2. The van der Waals surface area contributed by atoms with Gasteiger partial charge in [0.1, 0.15) is 5.75 Å². The Kier molecular flexibility index (Phi) is 7.70. The van der Waals surface area contributed by atoms with Crippen LogP contribution >= 0.6 is 0 Å². The second kappa shape index (κ2) is 10.9. The van der Waals surface area contributed by atoms with Gasteiger partial charge in [-0.15, -0.1) is 0 Å². The highest BCUT2D eigenvalue weighted by Crippen LogP contribution is 2.21. The van der Waals surface area contributed by atoms with E-state index in [9.17, 15) is 4.79 Å². The highest BCUT2D eigenvalue weighted by Gasteiger charge is 2.26. The van der Waals surface area contributed by atoms with E-state index in [1.807, 2.05) is 9.80 Å². The molecule has 1 aromatic rings. The van der Waals surface area contributed by atoms with Crippen LogP contribution < -0.4 is 15.0 Å². The summed E-state index contributed by atoms with van der Waals surface area (Å²) in [5.41, 5.74) is 1.21. The van der Waals surface area contributed by atoms with Gasteiger partial charge in [-0.2, -0.15) is 0 Å². The summed E-state index contributed by atoms with van der Waals surface area (Å²) >= 11 is 0. The van der Waals surface area contributed by atoms with Crippen molar-refractivity contribution in [2.75, 3.05) is 83.5 Å². The van der Waals surface area contributed by atoms with Gasteiger partial charge >= 0.3 is 6.03 Å². The number of rotatable bonds is 6. The number of urea groups is 1. The Morgan fingerprint density at radius 3 is 2.20 bits per heavy atom. The molecule has 30 heavy (non-hydrogen) atoms. The summed E-state index contributed by atoms with van der Waals surface area (Å²) in [7, 11) is 0. The van der Waals surface area contributed by atoms with E-state index in [-0.39, 0.29) is 6.03 Å². The summed E-state index contributed by atoms with van der Waals surface area (Å²) in [4.78, 5) is 21.6. The zero-order valence-electron chi connectivity index (χ0n) is 18.2. The third-order valence-corrected chi connectivity index (χ3v) is 6.48. The molecule has 1 aromatic carbocycles. The summed E-state index contributed by atoms with van der Waals surface area (Å²) in [6.07, 6.45) is 5.17. The third kappa shape index (κ3) is 5.79. The SMILES string of the molecule is O=C(N1CCNCC1)N1CCN(c2ccc(OCCCN3CCCCC3)cc2)CC1. The number of hydrogen-bond acceptors (Lipinski definition) is 5. The fourth-order valence-electron chi connectivity index (χ4n) is 4.63. The molecule has 0 unspecified atom stereocenters. The van der Waals surface area contributed by atoms with Crippen molar-refractivity contribution in [1.82, 2.24) is 20.0 Å². The lowest BCUT2D eigenvalue weighted by atomic mass is 10.1. The largest absolute Gasteiger partial charge is 0.494 e. The maximum Gasteiger partial charge on any atom is 0.320 e. The van der Waals surface area contributed by atoms with Gasteiger partial charge in [0.2, 0.25) is 0 Å². The van der Waals surface area contributed by atoms with Crippen molar-refractivity contribution in [3.8, 4) is 5.75 Å². The number of benzene rings is 1. The fourth-order valence-corrected chi connectivity index (χ4v) is 4.63. The molecule has 0 bridgehead atoms. The first-order valence-corrected chi connectivity index (χ1v) is 11.7. The Morgan fingerprint density at radius 1 is 0.833 bits per heavy atom. The predicted octanol–water partition coefficient (Wildman–Crippen LogP) is 2.09. The van der Waals surface area contributed by atoms with Crippen LogP contribution in [0.4, 0.5) is 10.5 Å². The number of ether oxygens (including phenoxy) is 1. The van der Waals surface area contributed by atoms with Crippen LogP contribution in [0.25, 0.3) is 0 Å². The van der Waals surface area contributed by atoms with E-state index in [0.29, 0.717) is 0 Å². The van der Waals surface area contributed by atoms with Crippen molar-refractivity contribution in [2.45, 2.75) is 25.7 Å². The van der Waals surface area contributed by atoms with Crippen molar-refractivity contribution < 1.29 is 9.53 Å². The molecule has 2 amide bonds. The smallest absolute Gasteiger partial charge is 0.320 e. The molecule has 7 heteroatoms. The second-order valence-electron chi connectivity index (χ2n) is 8.59. The van der Waals surface area contributed by atoms with E-state index in [0.717, 1.165) is 77.7 Å². The number of likely N-dealkylation sites (tertiary alicyclic amines) is 1. The topological polar surface area (TPSA) is 51.3 Å². The van der Waals surface area contributed by atoms with Crippen molar-refractivity contribution >= 4 is 11.7 Å². The van der Waals surface area contributed by atoms with E-state index in [4.69, 9.17) is 4.74 Å². The van der Waals surface area contributed by atoms with Crippen LogP contribution in [-0.2, 0) is 0 Å². The van der Waals surface area contributed by atoms with Crippen LogP contribution in [0.15, 0.2) is 24.3 Å². The van der Waals surface area contributed by atoms with Gasteiger partial charge < -0.3 is 29.7 Å².